The van der Waals surface area contributed by atoms with Crippen LogP contribution in [-0.4, -0.2) is 30.6 Å². The number of anilines is 1. The molecule has 2 amide bonds. The Labute approximate surface area is 132 Å². The second kappa shape index (κ2) is 7.74. The zero-order valence-corrected chi connectivity index (χ0v) is 13.5. The van der Waals surface area contributed by atoms with Gasteiger partial charge in [0.05, 0.1) is 17.3 Å². The molecule has 1 aromatic carbocycles. The van der Waals surface area contributed by atoms with Gasteiger partial charge in [0.2, 0.25) is 5.91 Å². The minimum absolute atomic E-state index is 0.148. The van der Waals surface area contributed by atoms with Crippen molar-refractivity contribution in [3.8, 4) is 0 Å². The Kier molecular flexibility index (Phi) is 5.71. The third-order valence-corrected chi connectivity index (χ3v) is 4.03. The number of rotatable bonds is 6. The largest absolute Gasteiger partial charge is 0.453 e. The molecule has 0 aliphatic carbocycles. The monoisotopic (exact) mass is 321 g/mol. The van der Waals surface area contributed by atoms with Crippen LogP contribution in [0.5, 0.6) is 0 Å². The summed E-state index contributed by atoms with van der Waals surface area (Å²) in [6.45, 7) is 2.02. The van der Waals surface area contributed by atoms with Crippen LogP contribution in [0.15, 0.2) is 18.2 Å². The molecule has 1 heterocycles. The van der Waals surface area contributed by atoms with Crippen LogP contribution in [0.4, 0.5) is 9.93 Å². The summed E-state index contributed by atoms with van der Waals surface area (Å²) in [6.07, 6.45) is 2.73. The van der Waals surface area contributed by atoms with Gasteiger partial charge in [-0.05, 0) is 30.5 Å². The van der Waals surface area contributed by atoms with Crippen molar-refractivity contribution in [1.82, 2.24) is 10.3 Å². The van der Waals surface area contributed by atoms with Crippen LogP contribution in [0.2, 0.25) is 0 Å². The summed E-state index contributed by atoms with van der Waals surface area (Å²) in [5, 5.41) is 5.52. The van der Waals surface area contributed by atoms with Gasteiger partial charge in [0.25, 0.3) is 0 Å². The molecule has 2 N–H and O–H groups in total. The molecule has 0 aliphatic heterocycles. The Balaban J connectivity index is 1.99. The number of amides is 2. The SMILES string of the molecule is CCCCc1ccc2nc(NC(=O)CNC(=O)OC)sc2c1. The zero-order chi connectivity index (χ0) is 15.9. The zero-order valence-electron chi connectivity index (χ0n) is 12.6. The predicted molar refractivity (Wildman–Crippen MR) is 87.3 cm³/mol. The predicted octanol–water partition coefficient (Wildman–Crippen LogP) is 2.93. The molecule has 0 fully saturated rings. The fourth-order valence-electron chi connectivity index (χ4n) is 1.95. The molecular formula is C15H19N3O3S. The van der Waals surface area contributed by atoms with Crippen LogP contribution in [0.1, 0.15) is 25.3 Å². The maximum absolute atomic E-state index is 11.7. The van der Waals surface area contributed by atoms with Gasteiger partial charge < -0.3 is 15.4 Å². The number of carbonyl (C=O) groups is 2. The molecule has 1 aromatic heterocycles. The fourth-order valence-corrected chi connectivity index (χ4v) is 2.89. The average molecular weight is 321 g/mol. The number of alkyl carbamates (subject to hydrolysis) is 1. The minimum Gasteiger partial charge on any atom is -0.453 e. The quantitative estimate of drug-likeness (QED) is 0.857. The maximum atomic E-state index is 11.7. The van der Waals surface area contributed by atoms with Crippen molar-refractivity contribution in [3.63, 3.8) is 0 Å². The lowest BCUT2D eigenvalue weighted by atomic mass is 10.1. The van der Waals surface area contributed by atoms with Crippen molar-refractivity contribution in [1.29, 1.82) is 0 Å². The molecule has 0 atom stereocenters. The van der Waals surface area contributed by atoms with E-state index in [4.69, 9.17) is 0 Å². The molecule has 0 bridgehead atoms. The van der Waals surface area contributed by atoms with Crippen molar-refractivity contribution < 1.29 is 14.3 Å². The third-order valence-electron chi connectivity index (χ3n) is 3.10. The number of thiazole rings is 1. The summed E-state index contributed by atoms with van der Waals surface area (Å²) < 4.78 is 5.45. The first kappa shape index (κ1) is 16.2. The van der Waals surface area contributed by atoms with Gasteiger partial charge in [0, 0.05) is 0 Å². The first-order valence-corrected chi connectivity index (χ1v) is 7.95. The van der Waals surface area contributed by atoms with Gasteiger partial charge in [-0.15, -0.1) is 0 Å². The van der Waals surface area contributed by atoms with Crippen LogP contribution >= 0.6 is 11.3 Å². The highest BCUT2D eigenvalue weighted by Crippen LogP contribution is 2.27. The number of hydrogen-bond donors (Lipinski definition) is 2. The number of ether oxygens (including phenoxy) is 1. The number of aryl methyl sites for hydroxylation is 1. The number of fused-ring (bicyclic) bond motifs is 1. The van der Waals surface area contributed by atoms with Crippen LogP contribution in [0.3, 0.4) is 0 Å². The normalized spacial score (nSPS) is 10.5. The van der Waals surface area contributed by atoms with Crippen LogP contribution < -0.4 is 10.6 Å². The van der Waals surface area contributed by atoms with Gasteiger partial charge in [-0.1, -0.05) is 30.7 Å². The van der Waals surface area contributed by atoms with E-state index in [-0.39, 0.29) is 12.5 Å². The molecule has 6 nitrogen and oxygen atoms in total. The second-order valence-corrected chi connectivity index (χ2v) is 5.85. The van der Waals surface area contributed by atoms with E-state index in [1.165, 1.54) is 24.0 Å². The van der Waals surface area contributed by atoms with E-state index in [2.05, 4.69) is 39.4 Å². The van der Waals surface area contributed by atoms with Gasteiger partial charge in [-0.2, -0.15) is 0 Å². The molecule has 22 heavy (non-hydrogen) atoms. The van der Waals surface area contributed by atoms with E-state index < -0.39 is 6.09 Å². The first-order valence-electron chi connectivity index (χ1n) is 7.13. The lowest BCUT2D eigenvalue weighted by Crippen LogP contribution is -2.32. The summed E-state index contributed by atoms with van der Waals surface area (Å²) in [5.74, 6) is -0.337. The summed E-state index contributed by atoms with van der Waals surface area (Å²) in [6, 6.07) is 6.16. The van der Waals surface area contributed by atoms with Crippen LogP contribution in [0.25, 0.3) is 10.2 Å². The summed E-state index contributed by atoms with van der Waals surface area (Å²) in [7, 11) is 1.25. The van der Waals surface area contributed by atoms with Crippen molar-refractivity contribution in [2.24, 2.45) is 0 Å². The van der Waals surface area contributed by atoms with Crippen molar-refractivity contribution in [3.05, 3.63) is 23.8 Å². The highest BCUT2D eigenvalue weighted by Gasteiger charge is 2.09. The molecule has 0 saturated carbocycles. The van der Waals surface area contributed by atoms with E-state index in [0.29, 0.717) is 5.13 Å². The summed E-state index contributed by atoms with van der Waals surface area (Å²) >= 11 is 1.43. The number of unbranched alkanes of at least 4 members (excludes halogenated alkanes) is 1. The Hall–Kier alpha value is -2.15. The smallest absolute Gasteiger partial charge is 0.407 e. The van der Waals surface area contributed by atoms with Crippen molar-refractivity contribution in [2.75, 3.05) is 19.0 Å². The summed E-state index contributed by atoms with van der Waals surface area (Å²) in [5.41, 5.74) is 2.14. The number of carbonyl (C=O) groups excluding carboxylic acids is 2. The van der Waals surface area contributed by atoms with Crippen LogP contribution in [0, 0.1) is 0 Å². The topological polar surface area (TPSA) is 80.3 Å². The average Bonchev–Trinajstić information content (AvgIpc) is 2.91. The molecule has 118 valence electrons. The van der Waals surface area contributed by atoms with Crippen molar-refractivity contribution >= 4 is 38.7 Å². The molecule has 0 spiro atoms. The number of aromatic nitrogens is 1. The first-order chi connectivity index (χ1) is 10.6. The van der Waals surface area contributed by atoms with Gasteiger partial charge >= 0.3 is 6.09 Å². The van der Waals surface area contributed by atoms with E-state index in [0.717, 1.165) is 29.5 Å². The van der Waals surface area contributed by atoms with Gasteiger partial charge in [-0.25, -0.2) is 9.78 Å². The molecule has 2 rings (SSSR count). The third kappa shape index (κ3) is 4.42. The molecule has 0 radical (unpaired) electrons. The number of methoxy groups -OCH3 is 1. The Morgan fingerprint density at radius 2 is 2.18 bits per heavy atom. The maximum Gasteiger partial charge on any atom is 0.407 e. The highest BCUT2D eigenvalue weighted by molar-refractivity contribution is 7.22. The van der Waals surface area contributed by atoms with Gasteiger partial charge in [0.15, 0.2) is 5.13 Å². The van der Waals surface area contributed by atoms with E-state index in [9.17, 15) is 9.59 Å². The number of benzene rings is 1. The highest BCUT2D eigenvalue weighted by atomic mass is 32.1. The minimum atomic E-state index is -0.639. The molecule has 7 heteroatoms. The molecule has 0 aliphatic rings. The number of nitrogens with zero attached hydrogens (tertiary/aromatic N) is 1. The number of hydrogen-bond acceptors (Lipinski definition) is 5. The van der Waals surface area contributed by atoms with E-state index >= 15 is 0 Å². The van der Waals surface area contributed by atoms with Crippen molar-refractivity contribution in [2.45, 2.75) is 26.2 Å². The Morgan fingerprint density at radius 1 is 1.36 bits per heavy atom. The van der Waals surface area contributed by atoms with E-state index in [1.807, 2.05) is 6.07 Å². The Bertz CT molecular complexity index is 669. The van der Waals surface area contributed by atoms with Crippen LogP contribution in [-0.2, 0) is 16.0 Å². The fraction of sp³-hybridized carbons (Fsp3) is 0.400. The second-order valence-electron chi connectivity index (χ2n) is 4.82. The summed E-state index contributed by atoms with van der Waals surface area (Å²) in [4.78, 5) is 27.0. The lowest BCUT2D eigenvalue weighted by Gasteiger charge is -2.02. The standard InChI is InChI=1S/C15H19N3O3S/c1-3-4-5-10-6-7-11-12(8-10)22-14(17-11)18-13(19)9-16-15(20)21-2/h6-8H,3-5,9H2,1-2H3,(H,16,20)(H,17,18,19). The Morgan fingerprint density at radius 3 is 2.91 bits per heavy atom. The van der Waals surface area contributed by atoms with Gasteiger partial charge in [0.1, 0.15) is 6.54 Å². The number of nitrogens with one attached hydrogen (secondary N) is 2. The molecule has 0 saturated heterocycles. The molecule has 2 aromatic rings. The molecular weight excluding hydrogens is 302 g/mol. The van der Waals surface area contributed by atoms with Gasteiger partial charge in [-0.3, -0.25) is 4.79 Å². The van der Waals surface area contributed by atoms with E-state index in [1.54, 1.807) is 0 Å². The lowest BCUT2D eigenvalue weighted by molar-refractivity contribution is -0.115. The molecule has 0 unspecified atom stereocenters.